The Kier molecular flexibility index (Phi) is 6.03. The minimum absolute atomic E-state index is 0.00751. The summed E-state index contributed by atoms with van der Waals surface area (Å²) in [6.45, 7) is 2.57. The minimum atomic E-state index is -0.350. The van der Waals surface area contributed by atoms with Crippen molar-refractivity contribution in [2.45, 2.75) is 19.4 Å². The van der Waals surface area contributed by atoms with E-state index in [0.717, 1.165) is 34.2 Å². The van der Waals surface area contributed by atoms with Gasteiger partial charge in [-0.15, -0.1) is 0 Å². The Balaban J connectivity index is 1.42. The number of carbonyl (C=O) groups excluding carboxylic acids is 2. The molecular formula is C29H29N3O3. The van der Waals surface area contributed by atoms with Crippen LogP contribution in [0.3, 0.4) is 0 Å². The highest BCUT2D eigenvalue weighted by atomic mass is 16.5. The Hall–Kier alpha value is -4.06. The van der Waals surface area contributed by atoms with Crippen molar-refractivity contribution in [2.75, 3.05) is 20.2 Å². The van der Waals surface area contributed by atoms with Crippen molar-refractivity contribution in [3.8, 4) is 5.75 Å². The average Bonchev–Trinajstić information content (AvgIpc) is 3.32. The van der Waals surface area contributed by atoms with Gasteiger partial charge in [0.25, 0.3) is 5.91 Å². The number of carbonyl (C=O) groups is 2. The van der Waals surface area contributed by atoms with Crippen LogP contribution in [0, 0.1) is 6.92 Å². The van der Waals surface area contributed by atoms with Crippen LogP contribution in [-0.4, -0.2) is 41.5 Å². The lowest BCUT2D eigenvalue weighted by Crippen LogP contribution is -2.40. The van der Waals surface area contributed by atoms with Gasteiger partial charge in [0.05, 0.1) is 13.2 Å². The molecular weight excluding hydrogens is 438 g/mol. The molecule has 0 bridgehead atoms. The number of nitrogens with zero attached hydrogens (tertiary/aromatic N) is 2. The molecule has 0 aliphatic carbocycles. The van der Waals surface area contributed by atoms with E-state index in [4.69, 9.17) is 4.74 Å². The second-order valence-electron chi connectivity index (χ2n) is 9.03. The van der Waals surface area contributed by atoms with Gasteiger partial charge in [-0.1, -0.05) is 60.2 Å². The Morgan fingerprint density at radius 1 is 1.00 bits per heavy atom. The number of methoxy groups -OCH3 is 1. The third kappa shape index (κ3) is 4.16. The lowest BCUT2D eigenvalue weighted by Gasteiger charge is -2.26. The molecule has 6 heteroatoms. The highest BCUT2D eigenvalue weighted by Gasteiger charge is 2.42. The van der Waals surface area contributed by atoms with E-state index in [1.807, 2.05) is 60.1 Å². The lowest BCUT2D eigenvalue weighted by molar-refractivity contribution is -0.122. The standard InChI is InChI=1S/C29H29N3O3/c1-19-8-10-20(11-9-19)16-17-30-25(33)18-32-27(21-12-14-22(35-3)15-13-21)26-23-6-4-5-7-24(23)31(2)28(26)29(32)34/h4-15,27H,16-18H2,1-3H3,(H,30,33)/t27-/m0/s1. The van der Waals surface area contributed by atoms with E-state index in [9.17, 15) is 9.59 Å². The first kappa shape index (κ1) is 22.7. The van der Waals surface area contributed by atoms with Crippen LogP contribution in [0.5, 0.6) is 5.75 Å². The van der Waals surface area contributed by atoms with Gasteiger partial charge in [0.2, 0.25) is 5.91 Å². The summed E-state index contributed by atoms with van der Waals surface area (Å²) in [5.41, 5.74) is 5.92. The molecule has 1 atom stereocenters. The van der Waals surface area contributed by atoms with Gasteiger partial charge in [0.15, 0.2) is 0 Å². The minimum Gasteiger partial charge on any atom is -0.497 e. The quantitative estimate of drug-likeness (QED) is 0.438. The van der Waals surface area contributed by atoms with Crippen molar-refractivity contribution in [1.82, 2.24) is 14.8 Å². The van der Waals surface area contributed by atoms with E-state index in [-0.39, 0.29) is 24.4 Å². The molecule has 3 aromatic carbocycles. The van der Waals surface area contributed by atoms with Crippen molar-refractivity contribution >= 4 is 22.7 Å². The number of hydrogen-bond donors (Lipinski definition) is 1. The number of benzene rings is 3. The summed E-state index contributed by atoms with van der Waals surface area (Å²) in [5, 5.41) is 4.02. The van der Waals surface area contributed by atoms with Gasteiger partial charge in [-0.2, -0.15) is 0 Å². The summed E-state index contributed by atoms with van der Waals surface area (Å²) in [5.74, 6) is 0.450. The van der Waals surface area contributed by atoms with E-state index in [2.05, 4.69) is 36.5 Å². The van der Waals surface area contributed by atoms with Gasteiger partial charge in [-0.05, 0) is 42.7 Å². The topological polar surface area (TPSA) is 63.6 Å². The van der Waals surface area contributed by atoms with Crippen LogP contribution in [0.4, 0.5) is 0 Å². The molecule has 0 fully saturated rings. The predicted molar refractivity (Wildman–Crippen MR) is 137 cm³/mol. The average molecular weight is 468 g/mol. The molecule has 6 nitrogen and oxygen atoms in total. The molecule has 35 heavy (non-hydrogen) atoms. The van der Waals surface area contributed by atoms with Crippen LogP contribution in [0.2, 0.25) is 0 Å². The Morgan fingerprint density at radius 2 is 1.71 bits per heavy atom. The molecule has 0 saturated heterocycles. The van der Waals surface area contributed by atoms with E-state index >= 15 is 0 Å². The van der Waals surface area contributed by atoms with Gasteiger partial charge in [0, 0.05) is 30.1 Å². The molecule has 2 amide bonds. The number of rotatable bonds is 7. The highest BCUT2D eigenvalue weighted by molar-refractivity contribution is 6.07. The largest absolute Gasteiger partial charge is 0.497 e. The normalized spacial score (nSPS) is 14.9. The van der Waals surface area contributed by atoms with Crippen LogP contribution < -0.4 is 10.1 Å². The zero-order chi connectivity index (χ0) is 24.5. The van der Waals surface area contributed by atoms with E-state index in [1.165, 1.54) is 11.1 Å². The molecule has 0 saturated carbocycles. The molecule has 1 N–H and O–H groups in total. The van der Waals surface area contributed by atoms with Crippen LogP contribution in [0.1, 0.15) is 38.8 Å². The molecule has 1 aliphatic rings. The Labute approximate surface area is 205 Å². The molecule has 0 spiro atoms. The van der Waals surface area contributed by atoms with E-state index < -0.39 is 0 Å². The fourth-order valence-corrected chi connectivity index (χ4v) is 4.97. The van der Waals surface area contributed by atoms with Crippen molar-refractivity contribution in [3.63, 3.8) is 0 Å². The van der Waals surface area contributed by atoms with Crippen molar-refractivity contribution in [3.05, 3.63) is 101 Å². The van der Waals surface area contributed by atoms with Gasteiger partial charge in [-0.3, -0.25) is 9.59 Å². The number of para-hydroxylation sites is 1. The molecule has 1 aromatic heterocycles. The van der Waals surface area contributed by atoms with Gasteiger partial charge in [-0.25, -0.2) is 0 Å². The van der Waals surface area contributed by atoms with Crippen LogP contribution >= 0.6 is 0 Å². The number of hydrogen-bond acceptors (Lipinski definition) is 3. The Bertz CT molecular complexity index is 1390. The monoisotopic (exact) mass is 467 g/mol. The predicted octanol–water partition coefficient (Wildman–Crippen LogP) is 4.40. The zero-order valence-corrected chi connectivity index (χ0v) is 20.2. The third-order valence-corrected chi connectivity index (χ3v) is 6.80. The zero-order valence-electron chi connectivity index (χ0n) is 20.2. The van der Waals surface area contributed by atoms with Crippen LogP contribution in [0.15, 0.2) is 72.8 Å². The molecule has 2 heterocycles. The number of fused-ring (bicyclic) bond motifs is 3. The van der Waals surface area contributed by atoms with Gasteiger partial charge >= 0.3 is 0 Å². The summed E-state index contributed by atoms with van der Waals surface area (Å²) in [6, 6.07) is 23.7. The first-order chi connectivity index (χ1) is 17.0. The number of aryl methyl sites for hydroxylation is 2. The maximum absolute atomic E-state index is 13.7. The SMILES string of the molecule is COc1ccc([C@H]2c3c(n(C)c4ccccc34)C(=O)N2CC(=O)NCCc2ccc(C)cc2)cc1. The second-order valence-corrected chi connectivity index (χ2v) is 9.03. The maximum Gasteiger partial charge on any atom is 0.272 e. The number of amides is 2. The fraction of sp³-hybridized carbons (Fsp3) is 0.241. The fourth-order valence-electron chi connectivity index (χ4n) is 4.97. The van der Waals surface area contributed by atoms with Crippen LogP contribution in [0.25, 0.3) is 10.9 Å². The lowest BCUT2D eigenvalue weighted by atomic mass is 9.98. The van der Waals surface area contributed by atoms with Crippen molar-refractivity contribution < 1.29 is 14.3 Å². The third-order valence-electron chi connectivity index (χ3n) is 6.80. The number of ether oxygens (including phenoxy) is 1. The number of nitrogens with one attached hydrogen (secondary N) is 1. The van der Waals surface area contributed by atoms with Crippen molar-refractivity contribution in [2.24, 2.45) is 7.05 Å². The summed E-state index contributed by atoms with van der Waals surface area (Å²) in [6.07, 6.45) is 0.743. The number of aromatic nitrogens is 1. The maximum atomic E-state index is 13.7. The first-order valence-electron chi connectivity index (χ1n) is 11.8. The highest BCUT2D eigenvalue weighted by Crippen LogP contribution is 2.43. The van der Waals surface area contributed by atoms with Crippen LogP contribution in [-0.2, 0) is 18.3 Å². The van der Waals surface area contributed by atoms with Gasteiger partial charge in [0.1, 0.15) is 18.0 Å². The summed E-state index contributed by atoms with van der Waals surface area (Å²) < 4.78 is 7.27. The molecule has 178 valence electrons. The second kappa shape index (κ2) is 9.29. The van der Waals surface area contributed by atoms with E-state index in [1.54, 1.807) is 12.0 Å². The Morgan fingerprint density at radius 3 is 2.43 bits per heavy atom. The van der Waals surface area contributed by atoms with Gasteiger partial charge < -0.3 is 19.5 Å². The van der Waals surface area contributed by atoms with Crippen molar-refractivity contribution in [1.29, 1.82) is 0 Å². The smallest absolute Gasteiger partial charge is 0.272 e. The summed E-state index contributed by atoms with van der Waals surface area (Å²) in [4.78, 5) is 28.3. The molecule has 4 aromatic rings. The molecule has 0 radical (unpaired) electrons. The summed E-state index contributed by atoms with van der Waals surface area (Å²) in [7, 11) is 3.54. The van der Waals surface area contributed by atoms with E-state index in [0.29, 0.717) is 12.2 Å². The first-order valence-corrected chi connectivity index (χ1v) is 11.8. The molecule has 0 unspecified atom stereocenters. The summed E-state index contributed by atoms with van der Waals surface area (Å²) >= 11 is 0. The molecule has 1 aliphatic heterocycles. The molecule has 5 rings (SSSR count).